The lowest BCUT2D eigenvalue weighted by atomic mass is 10.2. The van der Waals surface area contributed by atoms with E-state index in [-0.39, 0.29) is 24.0 Å². The first-order valence-corrected chi connectivity index (χ1v) is 7.03. The number of hydrogen-bond donors (Lipinski definition) is 4. The third-order valence-electron chi connectivity index (χ3n) is 2.88. The van der Waals surface area contributed by atoms with Gasteiger partial charge in [0.15, 0.2) is 11.5 Å². The largest absolute Gasteiger partial charge is 0.480 e. The van der Waals surface area contributed by atoms with Crippen LogP contribution in [-0.2, 0) is 16.1 Å². The summed E-state index contributed by atoms with van der Waals surface area (Å²) < 4.78 is 6.48. The molecule has 1 amide bonds. The molecule has 0 saturated carbocycles. The minimum absolute atomic E-state index is 0.0614. The van der Waals surface area contributed by atoms with Crippen molar-refractivity contribution in [3.63, 3.8) is 0 Å². The zero-order chi connectivity index (χ0) is 18.1. The van der Waals surface area contributed by atoms with Gasteiger partial charge in [0, 0.05) is 0 Å². The molecule has 0 spiro atoms. The maximum absolute atomic E-state index is 11.8. The number of nitrogens with zero attached hydrogens (tertiary/aromatic N) is 4. The number of nitrogens with two attached hydrogens (primary N) is 2. The molecular formula is C13H19N7O4. The molecule has 0 aliphatic heterocycles. The van der Waals surface area contributed by atoms with Crippen LogP contribution in [-0.4, -0.2) is 48.3 Å². The average molecular weight is 337 g/mol. The van der Waals surface area contributed by atoms with E-state index in [1.165, 1.54) is 10.9 Å². The molecule has 0 unspecified atom stereocenters. The highest BCUT2D eigenvalue weighted by atomic mass is 16.6. The lowest BCUT2D eigenvalue weighted by molar-refractivity contribution is -0.139. The predicted octanol–water partition coefficient (Wildman–Crippen LogP) is -0.0314. The Hall–Kier alpha value is -3.11. The van der Waals surface area contributed by atoms with E-state index in [9.17, 15) is 14.7 Å². The van der Waals surface area contributed by atoms with E-state index in [1.807, 2.05) is 0 Å². The molecule has 0 aliphatic rings. The van der Waals surface area contributed by atoms with Crippen molar-refractivity contribution in [1.29, 1.82) is 0 Å². The highest BCUT2D eigenvalue weighted by Crippen LogP contribution is 2.17. The van der Waals surface area contributed by atoms with Crippen LogP contribution in [0.15, 0.2) is 6.33 Å². The van der Waals surface area contributed by atoms with Crippen molar-refractivity contribution in [2.45, 2.75) is 39.0 Å². The summed E-state index contributed by atoms with van der Waals surface area (Å²) in [7, 11) is 0. The van der Waals surface area contributed by atoms with Crippen molar-refractivity contribution in [2.75, 3.05) is 11.5 Å². The third kappa shape index (κ3) is 4.00. The fraction of sp³-hybridized carbons (Fsp3) is 0.462. The first-order chi connectivity index (χ1) is 11.1. The van der Waals surface area contributed by atoms with Gasteiger partial charge < -0.3 is 31.2 Å². The van der Waals surface area contributed by atoms with Crippen molar-refractivity contribution in [3.8, 4) is 0 Å². The molecule has 0 bridgehead atoms. The molecule has 6 N–H and O–H groups in total. The van der Waals surface area contributed by atoms with Gasteiger partial charge in [-0.1, -0.05) is 0 Å². The van der Waals surface area contributed by atoms with Crippen molar-refractivity contribution in [3.05, 3.63) is 6.33 Å². The second kappa shape index (κ2) is 6.18. The van der Waals surface area contributed by atoms with E-state index >= 15 is 0 Å². The molecule has 130 valence electrons. The van der Waals surface area contributed by atoms with Gasteiger partial charge in [0.05, 0.1) is 12.9 Å². The number of hydrogen-bond acceptors (Lipinski definition) is 8. The number of ether oxygens (including phenoxy) is 1. The zero-order valence-corrected chi connectivity index (χ0v) is 13.5. The van der Waals surface area contributed by atoms with Crippen LogP contribution >= 0.6 is 0 Å². The molecule has 0 saturated heterocycles. The summed E-state index contributed by atoms with van der Waals surface area (Å²) in [5.41, 5.74) is 11.1. The van der Waals surface area contributed by atoms with Crippen LogP contribution in [0.25, 0.3) is 11.2 Å². The van der Waals surface area contributed by atoms with Crippen LogP contribution in [0.1, 0.15) is 20.8 Å². The van der Waals surface area contributed by atoms with Gasteiger partial charge in [-0.2, -0.15) is 9.97 Å². The van der Waals surface area contributed by atoms with Gasteiger partial charge in [0.1, 0.15) is 17.2 Å². The van der Waals surface area contributed by atoms with Gasteiger partial charge >= 0.3 is 12.1 Å². The number of imidazole rings is 1. The van der Waals surface area contributed by atoms with Crippen LogP contribution in [0.4, 0.5) is 16.6 Å². The summed E-state index contributed by atoms with van der Waals surface area (Å²) in [6, 6.07) is -1.25. The number of carboxylic acids is 1. The number of carbonyl (C=O) groups excluding carboxylic acids is 1. The van der Waals surface area contributed by atoms with Crippen molar-refractivity contribution < 1.29 is 19.4 Å². The molecule has 0 fully saturated rings. The molecule has 11 nitrogen and oxygen atoms in total. The second-order valence-electron chi connectivity index (χ2n) is 6.07. The number of rotatable bonds is 4. The van der Waals surface area contributed by atoms with Gasteiger partial charge in [-0.3, -0.25) is 0 Å². The van der Waals surface area contributed by atoms with Crippen LogP contribution in [0.2, 0.25) is 0 Å². The minimum Gasteiger partial charge on any atom is -0.480 e. The molecule has 1 atom stereocenters. The molecule has 0 aliphatic carbocycles. The number of alkyl carbamates (subject to hydrolysis) is 1. The van der Waals surface area contributed by atoms with Crippen LogP contribution in [0, 0.1) is 0 Å². The van der Waals surface area contributed by atoms with Crippen molar-refractivity contribution in [1.82, 2.24) is 24.8 Å². The molecule has 2 aromatic heterocycles. The molecule has 24 heavy (non-hydrogen) atoms. The SMILES string of the molecule is CC(C)(C)OC(=O)N[C@@H](Cn1cnc2c(N)nc(N)nc21)C(=O)O. The Morgan fingerprint density at radius 1 is 1.38 bits per heavy atom. The monoisotopic (exact) mass is 337 g/mol. The van der Waals surface area contributed by atoms with E-state index in [2.05, 4.69) is 20.3 Å². The molecule has 11 heteroatoms. The molecule has 2 rings (SSSR count). The molecular weight excluding hydrogens is 318 g/mol. The smallest absolute Gasteiger partial charge is 0.408 e. The number of nitrogens with one attached hydrogen (secondary N) is 1. The standard InChI is InChI=1S/C13H19N7O4/c1-13(2,3)24-12(23)17-6(10(21)22)4-20-5-16-7-8(14)18-11(15)19-9(7)20/h5-6H,4H2,1-3H3,(H,17,23)(H,21,22)(H4,14,15,18,19)/t6-/m0/s1. The normalized spacial score (nSPS) is 12.8. The topological polar surface area (TPSA) is 171 Å². The van der Waals surface area contributed by atoms with Crippen molar-refractivity contribution >= 4 is 35.0 Å². The summed E-state index contributed by atoms with van der Waals surface area (Å²) >= 11 is 0. The molecule has 2 aromatic rings. The first-order valence-electron chi connectivity index (χ1n) is 7.03. The van der Waals surface area contributed by atoms with Gasteiger partial charge in [0.25, 0.3) is 0 Å². The van der Waals surface area contributed by atoms with E-state index in [4.69, 9.17) is 16.2 Å². The zero-order valence-electron chi connectivity index (χ0n) is 13.5. The Labute approximate surface area is 137 Å². The summed E-state index contributed by atoms with van der Waals surface area (Å²) in [6.45, 7) is 4.89. The highest BCUT2D eigenvalue weighted by molar-refractivity contribution is 5.83. The molecule has 0 aromatic carbocycles. The quantitative estimate of drug-likeness (QED) is 0.597. The summed E-state index contributed by atoms with van der Waals surface area (Å²) in [4.78, 5) is 35.0. The second-order valence-corrected chi connectivity index (χ2v) is 6.07. The highest BCUT2D eigenvalue weighted by Gasteiger charge is 2.25. The number of aromatic nitrogens is 4. The van der Waals surface area contributed by atoms with Crippen LogP contribution < -0.4 is 16.8 Å². The van der Waals surface area contributed by atoms with E-state index < -0.39 is 23.7 Å². The third-order valence-corrected chi connectivity index (χ3v) is 2.88. The summed E-state index contributed by atoms with van der Waals surface area (Å²) in [6.07, 6.45) is 0.509. The maximum atomic E-state index is 11.8. The number of amides is 1. The lowest BCUT2D eigenvalue weighted by Gasteiger charge is -2.22. The number of nitrogen functional groups attached to an aromatic ring is 2. The Morgan fingerprint density at radius 2 is 2.04 bits per heavy atom. The Balaban J connectivity index is 2.23. The Bertz CT molecular complexity index is 780. The number of carbonyl (C=O) groups is 2. The minimum atomic E-state index is -1.25. The summed E-state index contributed by atoms with van der Waals surface area (Å²) in [5.74, 6) is -1.21. The fourth-order valence-electron chi connectivity index (χ4n) is 1.95. The Morgan fingerprint density at radius 3 is 2.62 bits per heavy atom. The average Bonchev–Trinajstić information content (AvgIpc) is 2.79. The van der Waals surface area contributed by atoms with Crippen molar-refractivity contribution in [2.24, 2.45) is 0 Å². The lowest BCUT2D eigenvalue weighted by Crippen LogP contribution is -2.45. The predicted molar refractivity (Wildman–Crippen MR) is 84.9 cm³/mol. The number of anilines is 2. The number of aliphatic carboxylic acids is 1. The van der Waals surface area contributed by atoms with Gasteiger partial charge in [-0.25, -0.2) is 14.6 Å². The summed E-state index contributed by atoms with van der Waals surface area (Å²) in [5, 5.41) is 11.6. The number of fused-ring (bicyclic) bond motifs is 1. The van der Waals surface area contributed by atoms with Gasteiger partial charge in [0.2, 0.25) is 5.95 Å². The molecule has 2 heterocycles. The van der Waals surface area contributed by atoms with E-state index in [1.54, 1.807) is 20.8 Å². The van der Waals surface area contributed by atoms with Gasteiger partial charge in [-0.05, 0) is 20.8 Å². The first kappa shape index (κ1) is 17.2. The van der Waals surface area contributed by atoms with Gasteiger partial charge in [-0.15, -0.1) is 0 Å². The van der Waals surface area contributed by atoms with Crippen LogP contribution in [0.3, 0.4) is 0 Å². The van der Waals surface area contributed by atoms with Crippen LogP contribution in [0.5, 0.6) is 0 Å². The van der Waals surface area contributed by atoms with E-state index in [0.29, 0.717) is 5.52 Å². The molecule has 0 radical (unpaired) electrons. The number of carboxylic acid groups (broad SMARTS) is 1. The Kier molecular flexibility index (Phi) is 4.44. The van der Waals surface area contributed by atoms with E-state index in [0.717, 1.165) is 0 Å². The fourth-order valence-corrected chi connectivity index (χ4v) is 1.95. The maximum Gasteiger partial charge on any atom is 0.408 e.